The molecule has 0 unspecified atom stereocenters. The number of hydrogen-bond donors (Lipinski definition) is 1. The van der Waals surface area contributed by atoms with Crippen LogP contribution in [-0.4, -0.2) is 27.2 Å². The fourth-order valence-electron chi connectivity index (χ4n) is 3.19. The van der Waals surface area contributed by atoms with Crippen molar-refractivity contribution in [3.05, 3.63) is 65.1 Å². The molecule has 0 spiro atoms. The lowest BCUT2D eigenvalue weighted by Crippen LogP contribution is -2.04. The first-order valence-electron chi connectivity index (χ1n) is 8.52. The van der Waals surface area contributed by atoms with Gasteiger partial charge in [-0.25, -0.2) is 9.78 Å². The topological polar surface area (TPSA) is 88.1 Å². The molecule has 1 N–H and O–H groups in total. The molecule has 2 heterocycles. The molecule has 6 heteroatoms. The van der Waals surface area contributed by atoms with Crippen molar-refractivity contribution in [3.63, 3.8) is 0 Å². The predicted molar refractivity (Wildman–Crippen MR) is 101 cm³/mol. The Hall–Kier alpha value is -3.59. The van der Waals surface area contributed by atoms with Crippen molar-refractivity contribution in [2.45, 2.75) is 20.8 Å². The van der Waals surface area contributed by atoms with E-state index in [2.05, 4.69) is 11.1 Å². The number of rotatable bonds is 5. The molecule has 136 valence electrons. The van der Waals surface area contributed by atoms with Crippen molar-refractivity contribution in [1.29, 1.82) is 5.26 Å². The molecule has 0 aliphatic carbocycles. The highest BCUT2D eigenvalue weighted by Gasteiger charge is 2.18. The maximum Gasteiger partial charge on any atom is 0.337 e. The number of aromatic carboxylic acids is 1. The van der Waals surface area contributed by atoms with Crippen LogP contribution >= 0.6 is 0 Å². The van der Waals surface area contributed by atoms with Gasteiger partial charge in [0.15, 0.2) is 0 Å². The quantitative estimate of drug-likeness (QED) is 0.738. The van der Waals surface area contributed by atoms with Crippen LogP contribution in [0.1, 0.15) is 34.2 Å². The van der Waals surface area contributed by atoms with Crippen LogP contribution in [0.3, 0.4) is 0 Å². The zero-order valence-electron chi connectivity index (χ0n) is 15.4. The van der Waals surface area contributed by atoms with E-state index in [0.717, 1.165) is 22.5 Å². The first-order valence-corrected chi connectivity index (χ1v) is 8.52. The summed E-state index contributed by atoms with van der Waals surface area (Å²) in [6, 6.07) is 13.2. The Labute approximate surface area is 157 Å². The first kappa shape index (κ1) is 18.2. The molecule has 6 nitrogen and oxygen atoms in total. The molecule has 3 aromatic rings. The van der Waals surface area contributed by atoms with Crippen molar-refractivity contribution in [2.75, 3.05) is 6.61 Å². The summed E-state index contributed by atoms with van der Waals surface area (Å²) in [5.74, 6) is -0.649. The van der Waals surface area contributed by atoms with Gasteiger partial charge in [0.2, 0.25) is 5.88 Å². The summed E-state index contributed by atoms with van der Waals surface area (Å²) < 4.78 is 7.30. The van der Waals surface area contributed by atoms with E-state index in [1.165, 1.54) is 0 Å². The SMILES string of the molecule is CCOc1ncc(-c2ccccc2-n2c(C)cc(C(=O)O)c2C)cc1C#N. The predicted octanol–water partition coefficient (Wildman–Crippen LogP) is 4.12. The average Bonchev–Trinajstić information content (AvgIpc) is 2.97. The van der Waals surface area contributed by atoms with E-state index in [1.807, 2.05) is 42.7 Å². The fourth-order valence-corrected chi connectivity index (χ4v) is 3.19. The summed E-state index contributed by atoms with van der Waals surface area (Å²) in [6.45, 7) is 5.92. The number of nitriles is 1. The second kappa shape index (κ2) is 7.34. The van der Waals surface area contributed by atoms with E-state index >= 15 is 0 Å². The lowest BCUT2D eigenvalue weighted by Gasteiger charge is -2.15. The maximum atomic E-state index is 11.5. The lowest BCUT2D eigenvalue weighted by molar-refractivity contribution is 0.0696. The first-order chi connectivity index (χ1) is 13.0. The third-order valence-corrected chi connectivity index (χ3v) is 4.37. The van der Waals surface area contributed by atoms with E-state index < -0.39 is 5.97 Å². The molecule has 2 aromatic heterocycles. The van der Waals surface area contributed by atoms with Crippen molar-refractivity contribution < 1.29 is 14.6 Å². The fraction of sp³-hybridized carbons (Fsp3) is 0.190. The zero-order chi connectivity index (χ0) is 19.6. The van der Waals surface area contributed by atoms with Gasteiger partial charge in [0.1, 0.15) is 11.6 Å². The van der Waals surface area contributed by atoms with Crippen LogP contribution < -0.4 is 4.74 Å². The Balaban J connectivity index is 2.20. The summed E-state index contributed by atoms with van der Waals surface area (Å²) >= 11 is 0. The normalized spacial score (nSPS) is 10.4. The maximum absolute atomic E-state index is 11.5. The van der Waals surface area contributed by atoms with Gasteiger partial charge >= 0.3 is 5.97 Å². The van der Waals surface area contributed by atoms with E-state index in [4.69, 9.17) is 4.74 Å². The van der Waals surface area contributed by atoms with Crippen molar-refractivity contribution >= 4 is 5.97 Å². The number of aromatic nitrogens is 2. The van der Waals surface area contributed by atoms with Gasteiger partial charge in [-0.2, -0.15) is 5.26 Å². The Morgan fingerprint density at radius 3 is 2.67 bits per heavy atom. The molecular formula is C21H19N3O3. The number of carboxylic acids is 1. The van der Waals surface area contributed by atoms with E-state index in [1.54, 1.807) is 25.3 Å². The number of pyridine rings is 1. The molecule has 0 aliphatic heterocycles. The minimum atomic E-state index is -0.957. The minimum Gasteiger partial charge on any atom is -0.478 e. The Kier molecular flexibility index (Phi) is 4.95. The Morgan fingerprint density at radius 2 is 2.04 bits per heavy atom. The summed E-state index contributed by atoms with van der Waals surface area (Å²) in [4.78, 5) is 15.8. The molecule has 1 aromatic carbocycles. The number of ether oxygens (including phenoxy) is 1. The summed E-state index contributed by atoms with van der Waals surface area (Å²) in [7, 11) is 0. The number of benzene rings is 1. The van der Waals surface area contributed by atoms with Gasteiger partial charge in [-0.3, -0.25) is 0 Å². The molecule has 0 saturated carbocycles. The average molecular weight is 361 g/mol. The molecule has 0 bridgehead atoms. The smallest absolute Gasteiger partial charge is 0.337 e. The van der Waals surface area contributed by atoms with Gasteiger partial charge in [0, 0.05) is 28.7 Å². The van der Waals surface area contributed by atoms with Gasteiger partial charge in [0.25, 0.3) is 0 Å². The number of hydrogen-bond acceptors (Lipinski definition) is 4. The largest absolute Gasteiger partial charge is 0.478 e. The number of carboxylic acid groups (broad SMARTS) is 1. The minimum absolute atomic E-state index is 0.268. The summed E-state index contributed by atoms with van der Waals surface area (Å²) in [5.41, 5.74) is 4.53. The molecule has 3 rings (SSSR count). The lowest BCUT2D eigenvalue weighted by atomic mass is 10.0. The second-order valence-corrected chi connectivity index (χ2v) is 6.06. The number of carbonyl (C=O) groups is 1. The molecule has 27 heavy (non-hydrogen) atoms. The molecule has 0 saturated heterocycles. The van der Waals surface area contributed by atoms with Crippen LogP contribution in [0.4, 0.5) is 0 Å². The Morgan fingerprint density at radius 1 is 1.30 bits per heavy atom. The molecule has 0 amide bonds. The highest BCUT2D eigenvalue weighted by Crippen LogP contribution is 2.32. The number of aryl methyl sites for hydroxylation is 1. The molecule has 0 fully saturated rings. The number of nitrogens with zero attached hydrogens (tertiary/aromatic N) is 3. The van der Waals surface area contributed by atoms with Gasteiger partial charge < -0.3 is 14.4 Å². The highest BCUT2D eigenvalue weighted by atomic mass is 16.5. The summed E-state index contributed by atoms with van der Waals surface area (Å²) in [6.07, 6.45) is 1.66. The molecule has 0 aliphatic rings. The van der Waals surface area contributed by atoms with Crippen molar-refractivity contribution in [2.24, 2.45) is 0 Å². The van der Waals surface area contributed by atoms with Gasteiger partial charge in [-0.05, 0) is 39.0 Å². The monoisotopic (exact) mass is 361 g/mol. The van der Waals surface area contributed by atoms with Crippen LogP contribution in [0.15, 0.2) is 42.6 Å². The van der Waals surface area contributed by atoms with Crippen LogP contribution in [0.25, 0.3) is 16.8 Å². The molecule has 0 atom stereocenters. The van der Waals surface area contributed by atoms with Crippen LogP contribution in [0.5, 0.6) is 5.88 Å². The molecular weight excluding hydrogens is 342 g/mol. The third-order valence-electron chi connectivity index (χ3n) is 4.37. The van der Waals surface area contributed by atoms with Gasteiger partial charge in [-0.15, -0.1) is 0 Å². The van der Waals surface area contributed by atoms with Gasteiger partial charge in [0.05, 0.1) is 17.9 Å². The third kappa shape index (κ3) is 3.27. The zero-order valence-corrected chi connectivity index (χ0v) is 15.4. The standard InChI is InChI=1S/C21H19N3O3/c1-4-27-20-15(11-22)10-16(12-23-20)17-7-5-6-8-19(17)24-13(2)9-18(14(24)3)21(25)26/h5-10,12H,4H2,1-3H3,(H,25,26). The van der Waals surface area contributed by atoms with Crippen molar-refractivity contribution in [3.8, 4) is 28.8 Å². The second-order valence-electron chi connectivity index (χ2n) is 6.06. The van der Waals surface area contributed by atoms with Crippen molar-refractivity contribution in [1.82, 2.24) is 9.55 Å². The Bertz CT molecular complexity index is 1060. The van der Waals surface area contributed by atoms with E-state index in [9.17, 15) is 15.2 Å². The van der Waals surface area contributed by atoms with E-state index in [-0.39, 0.29) is 5.56 Å². The highest BCUT2D eigenvalue weighted by molar-refractivity contribution is 5.90. The molecule has 0 radical (unpaired) electrons. The van der Waals surface area contributed by atoms with Gasteiger partial charge in [-0.1, -0.05) is 18.2 Å². The van der Waals surface area contributed by atoms with Crippen LogP contribution in [0.2, 0.25) is 0 Å². The van der Waals surface area contributed by atoms with Crippen LogP contribution in [0, 0.1) is 25.2 Å². The van der Waals surface area contributed by atoms with E-state index in [0.29, 0.717) is 23.7 Å². The number of para-hydroxylation sites is 1. The van der Waals surface area contributed by atoms with Crippen LogP contribution in [-0.2, 0) is 0 Å². The summed E-state index contributed by atoms with van der Waals surface area (Å²) in [5, 5.41) is 18.8.